The first kappa shape index (κ1) is 28.8. The standard InChI is InChI=1S/C21H41N5O5/c1-6-13(4)17(26-19(28)15(23)11-12(2)3)20(29)24-14(5)18(27)25-16(21(30)31)9-7-8-10-22/h12-17H,6-11,22-23H2,1-5H3,(H,24,29)(H,25,27)(H,26,28)(H,30,31). The number of carboxylic acids is 1. The van der Waals surface area contributed by atoms with Gasteiger partial charge in [-0.2, -0.15) is 0 Å². The molecule has 0 aromatic carbocycles. The lowest BCUT2D eigenvalue weighted by molar-refractivity contribution is -0.142. The van der Waals surface area contributed by atoms with Gasteiger partial charge in [-0.1, -0.05) is 34.1 Å². The molecule has 0 rings (SSSR count). The summed E-state index contributed by atoms with van der Waals surface area (Å²) in [6.07, 6.45) is 2.58. The zero-order valence-corrected chi connectivity index (χ0v) is 19.4. The monoisotopic (exact) mass is 443 g/mol. The third-order valence-corrected chi connectivity index (χ3v) is 5.17. The van der Waals surface area contributed by atoms with Crippen LogP contribution >= 0.6 is 0 Å². The molecule has 5 atom stereocenters. The van der Waals surface area contributed by atoms with Crippen LogP contribution in [-0.2, 0) is 19.2 Å². The SMILES string of the molecule is CCC(C)C(NC(=O)C(N)CC(C)C)C(=O)NC(C)C(=O)NC(CCCCN)C(=O)O. The molecular weight excluding hydrogens is 402 g/mol. The fourth-order valence-electron chi connectivity index (χ4n) is 2.99. The van der Waals surface area contributed by atoms with E-state index in [4.69, 9.17) is 11.5 Å². The molecule has 10 heteroatoms. The van der Waals surface area contributed by atoms with Crippen molar-refractivity contribution in [1.29, 1.82) is 0 Å². The molecule has 5 unspecified atom stereocenters. The minimum atomic E-state index is -1.15. The van der Waals surface area contributed by atoms with Gasteiger partial charge in [0.2, 0.25) is 17.7 Å². The zero-order chi connectivity index (χ0) is 24.1. The third kappa shape index (κ3) is 11.1. The molecule has 0 spiro atoms. The molecule has 180 valence electrons. The number of unbranched alkanes of at least 4 members (excludes halogenated alkanes) is 1. The first-order valence-electron chi connectivity index (χ1n) is 11.0. The molecule has 31 heavy (non-hydrogen) atoms. The van der Waals surface area contributed by atoms with Crippen molar-refractivity contribution in [3.05, 3.63) is 0 Å². The summed E-state index contributed by atoms with van der Waals surface area (Å²) in [5.74, 6) is -2.65. The Morgan fingerprint density at radius 3 is 2.00 bits per heavy atom. The molecule has 0 saturated heterocycles. The van der Waals surface area contributed by atoms with Crippen LogP contribution in [0.4, 0.5) is 0 Å². The van der Waals surface area contributed by atoms with E-state index in [1.54, 1.807) is 0 Å². The highest BCUT2D eigenvalue weighted by Crippen LogP contribution is 2.10. The number of hydrogen-bond acceptors (Lipinski definition) is 6. The van der Waals surface area contributed by atoms with E-state index >= 15 is 0 Å². The average Bonchev–Trinajstić information content (AvgIpc) is 2.69. The van der Waals surface area contributed by atoms with Gasteiger partial charge < -0.3 is 32.5 Å². The van der Waals surface area contributed by atoms with Gasteiger partial charge in [0.05, 0.1) is 6.04 Å². The van der Waals surface area contributed by atoms with Gasteiger partial charge in [-0.25, -0.2) is 4.79 Å². The van der Waals surface area contributed by atoms with E-state index in [1.165, 1.54) is 6.92 Å². The lowest BCUT2D eigenvalue weighted by Gasteiger charge is -2.27. The first-order chi connectivity index (χ1) is 14.4. The van der Waals surface area contributed by atoms with Gasteiger partial charge >= 0.3 is 5.97 Å². The van der Waals surface area contributed by atoms with Gasteiger partial charge in [0.15, 0.2) is 0 Å². The van der Waals surface area contributed by atoms with Gasteiger partial charge in [0.25, 0.3) is 0 Å². The largest absolute Gasteiger partial charge is 0.480 e. The number of nitrogens with two attached hydrogens (primary N) is 2. The lowest BCUT2D eigenvalue weighted by Crippen LogP contribution is -2.58. The molecule has 10 nitrogen and oxygen atoms in total. The van der Waals surface area contributed by atoms with Crippen molar-refractivity contribution in [2.75, 3.05) is 6.54 Å². The maximum atomic E-state index is 12.8. The summed E-state index contributed by atoms with van der Waals surface area (Å²) in [4.78, 5) is 49.0. The number of nitrogens with one attached hydrogen (secondary N) is 3. The van der Waals surface area contributed by atoms with E-state index < -0.39 is 47.9 Å². The fourth-order valence-corrected chi connectivity index (χ4v) is 2.99. The Morgan fingerprint density at radius 1 is 0.903 bits per heavy atom. The van der Waals surface area contributed by atoms with Crippen LogP contribution in [0.5, 0.6) is 0 Å². The molecule has 0 bridgehead atoms. The molecule has 0 aliphatic rings. The number of aliphatic carboxylic acids is 1. The number of hydrogen-bond donors (Lipinski definition) is 6. The van der Waals surface area contributed by atoms with E-state index in [9.17, 15) is 24.3 Å². The highest BCUT2D eigenvalue weighted by Gasteiger charge is 2.30. The highest BCUT2D eigenvalue weighted by atomic mass is 16.4. The predicted molar refractivity (Wildman–Crippen MR) is 119 cm³/mol. The van der Waals surface area contributed by atoms with Crippen LogP contribution in [0.2, 0.25) is 0 Å². The van der Waals surface area contributed by atoms with Gasteiger partial charge in [0.1, 0.15) is 18.1 Å². The van der Waals surface area contributed by atoms with Crippen LogP contribution in [-0.4, -0.2) is 59.5 Å². The third-order valence-electron chi connectivity index (χ3n) is 5.17. The maximum absolute atomic E-state index is 12.8. The van der Waals surface area contributed by atoms with Crippen LogP contribution in [0.15, 0.2) is 0 Å². The lowest BCUT2D eigenvalue weighted by atomic mass is 9.96. The Balaban J connectivity index is 5.04. The summed E-state index contributed by atoms with van der Waals surface area (Å²) in [5, 5.41) is 17.0. The van der Waals surface area contributed by atoms with Gasteiger partial charge in [-0.15, -0.1) is 0 Å². The number of amides is 3. The number of carbonyl (C=O) groups is 4. The van der Waals surface area contributed by atoms with Gasteiger partial charge in [-0.05, 0) is 51.0 Å². The molecule has 0 saturated carbocycles. The molecule has 0 aliphatic heterocycles. The summed E-state index contributed by atoms with van der Waals surface area (Å²) in [7, 11) is 0. The molecule has 0 heterocycles. The summed E-state index contributed by atoms with van der Waals surface area (Å²) < 4.78 is 0. The minimum Gasteiger partial charge on any atom is -0.480 e. The summed E-state index contributed by atoms with van der Waals surface area (Å²) in [6, 6.07) is -3.62. The highest BCUT2D eigenvalue weighted by molar-refractivity contribution is 5.94. The molecule has 0 fully saturated rings. The average molecular weight is 444 g/mol. The van der Waals surface area contributed by atoms with Crippen molar-refractivity contribution >= 4 is 23.7 Å². The number of carbonyl (C=O) groups excluding carboxylic acids is 3. The van der Waals surface area contributed by atoms with Crippen LogP contribution < -0.4 is 27.4 Å². The van der Waals surface area contributed by atoms with Crippen molar-refractivity contribution in [3.8, 4) is 0 Å². The van der Waals surface area contributed by atoms with Crippen molar-refractivity contribution in [1.82, 2.24) is 16.0 Å². The normalized spacial score (nSPS) is 16.0. The molecular formula is C21H41N5O5. The Labute approximate surface area is 185 Å². The van der Waals surface area contributed by atoms with E-state index in [0.717, 1.165) is 0 Å². The van der Waals surface area contributed by atoms with Crippen LogP contribution in [0.3, 0.4) is 0 Å². The van der Waals surface area contributed by atoms with Gasteiger partial charge in [-0.3, -0.25) is 14.4 Å². The van der Waals surface area contributed by atoms with E-state index in [0.29, 0.717) is 32.2 Å². The summed E-state index contributed by atoms with van der Waals surface area (Å²) >= 11 is 0. The van der Waals surface area contributed by atoms with Crippen molar-refractivity contribution in [2.45, 2.75) is 90.9 Å². The second kappa shape index (κ2) is 14.7. The molecule has 0 aromatic heterocycles. The van der Waals surface area contributed by atoms with E-state index in [-0.39, 0.29) is 18.3 Å². The second-order valence-corrected chi connectivity index (χ2v) is 8.52. The van der Waals surface area contributed by atoms with Gasteiger partial charge in [0, 0.05) is 0 Å². The number of rotatable bonds is 15. The predicted octanol–water partition coefficient (Wildman–Crippen LogP) is 0.0938. The zero-order valence-electron chi connectivity index (χ0n) is 19.4. The minimum absolute atomic E-state index is 0.187. The van der Waals surface area contributed by atoms with Crippen molar-refractivity contribution < 1.29 is 24.3 Å². The molecule has 3 amide bonds. The Hall–Kier alpha value is -2.20. The topological polar surface area (TPSA) is 177 Å². The Morgan fingerprint density at radius 2 is 1.52 bits per heavy atom. The number of carboxylic acid groups (broad SMARTS) is 1. The molecule has 0 radical (unpaired) electrons. The fraction of sp³-hybridized carbons (Fsp3) is 0.810. The smallest absolute Gasteiger partial charge is 0.326 e. The first-order valence-corrected chi connectivity index (χ1v) is 11.0. The molecule has 8 N–H and O–H groups in total. The second-order valence-electron chi connectivity index (χ2n) is 8.52. The van der Waals surface area contributed by atoms with Crippen LogP contribution in [0.25, 0.3) is 0 Å². The quantitative estimate of drug-likeness (QED) is 0.194. The molecule has 0 aromatic rings. The van der Waals surface area contributed by atoms with E-state index in [2.05, 4.69) is 16.0 Å². The van der Waals surface area contributed by atoms with E-state index in [1.807, 2.05) is 27.7 Å². The van der Waals surface area contributed by atoms with Crippen LogP contribution in [0.1, 0.15) is 66.7 Å². The maximum Gasteiger partial charge on any atom is 0.326 e. The van der Waals surface area contributed by atoms with Crippen LogP contribution in [0, 0.1) is 11.8 Å². The Bertz CT molecular complexity index is 599. The molecule has 0 aliphatic carbocycles. The Kier molecular flexibility index (Phi) is 13.7. The summed E-state index contributed by atoms with van der Waals surface area (Å²) in [5.41, 5.74) is 11.3. The van der Waals surface area contributed by atoms with Crippen molar-refractivity contribution in [3.63, 3.8) is 0 Å². The summed E-state index contributed by atoms with van der Waals surface area (Å²) in [6.45, 7) is 9.52. The van der Waals surface area contributed by atoms with Crippen molar-refractivity contribution in [2.24, 2.45) is 23.3 Å².